The second-order valence-corrected chi connectivity index (χ2v) is 7.11. The monoisotopic (exact) mass is 389 g/mol. The Bertz CT molecular complexity index is 1010. The van der Waals surface area contributed by atoms with E-state index < -0.39 is 11.8 Å². The molecule has 3 heterocycles. The van der Waals surface area contributed by atoms with E-state index in [2.05, 4.69) is 10.1 Å². The summed E-state index contributed by atoms with van der Waals surface area (Å²) in [5, 5.41) is 3.20. The molecular formula is C20H21F2N3O3. The number of fused-ring (bicyclic) bond motifs is 2. The van der Waals surface area contributed by atoms with Gasteiger partial charge < -0.3 is 19.5 Å². The van der Waals surface area contributed by atoms with Crippen LogP contribution in [0.4, 0.5) is 8.78 Å². The number of nitrogens with zero attached hydrogens (tertiary/aromatic N) is 2. The topological polar surface area (TPSA) is 63.6 Å². The highest BCUT2D eigenvalue weighted by molar-refractivity contribution is 5.86. The fourth-order valence-corrected chi connectivity index (χ4v) is 4.15. The molecule has 0 saturated carbocycles. The Morgan fingerprint density at radius 3 is 2.93 bits per heavy atom. The first-order chi connectivity index (χ1) is 13.4. The van der Waals surface area contributed by atoms with Crippen LogP contribution in [0.5, 0.6) is 0 Å². The molecular weight excluding hydrogens is 368 g/mol. The molecule has 4 rings (SSSR count). The van der Waals surface area contributed by atoms with Gasteiger partial charge in [-0.05, 0) is 25.0 Å². The number of carbonyl (C=O) groups excluding carboxylic acids is 1. The highest BCUT2D eigenvalue weighted by atomic mass is 19.1. The Kier molecular flexibility index (Phi) is 4.56. The lowest BCUT2D eigenvalue weighted by Crippen LogP contribution is -2.39. The maximum Gasteiger partial charge on any atom is 0.305 e. The summed E-state index contributed by atoms with van der Waals surface area (Å²) in [6, 6.07) is 1.23. The summed E-state index contributed by atoms with van der Waals surface area (Å²) in [4.78, 5) is 25.7. The van der Waals surface area contributed by atoms with Crippen molar-refractivity contribution in [1.82, 2.24) is 14.8 Å². The van der Waals surface area contributed by atoms with Crippen LogP contribution < -0.4 is 10.9 Å². The average Bonchev–Trinajstić information content (AvgIpc) is 2.87. The maximum atomic E-state index is 15.3. The number of hydrogen-bond donors (Lipinski definition) is 1. The van der Waals surface area contributed by atoms with Crippen molar-refractivity contribution in [2.24, 2.45) is 7.05 Å². The van der Waals surface area contributed by atoms with Gasteiger partial charge in [0, 0.05) is 49.5 Å². The quantitative estimate of drug-likeness (QED) is 0.632. The number of allylic oxidation sites excluding steroid dienone is 1. The first-order valence-electron chi connectivity index (χ1n) is 9.23. The number of hydrogen-bond acceptors (Lipinski definition) is 5. The minimum absolute atomic E-state index is 0.168. The molecule has 1 aliphatic carbocycles. The molecule has 28 heavy (non-hydrogen) atoms. The number of aromatic nitrogens is 1. The van der Waals surface area contributed by atoms with Crippen LogP contribution in [-0.4, -0.2) is 41.7 Å². The van der Waals surface area contributed by atoms with Crippen molar-refractivity contribution in [3.63, 3.8) is 0 Å². The molecule has 1 unspecified atom stereocenters. The Morgan fingerprint density at radius 2 is 2.18 bits per heavy atom. The molecule has 1 aromatic rings. The lowest BCUT2D eigenvalue weighted by atomic mass is 9.92. The number of methoxy groups -OCH3 is 1. The number of carbonyl (C=O) groups is 1. The first-order valence-corrected chi connectivity index (χ1v) is 9.23. The zero-order valence-corrected chi connectivity index (χ0v) is 15.7. The van der Waals surface area contributed by atoms with E-state index in [4.69, 9.17) is 0 Å². The molecule has 0 aromatic carbocycles. The summed E-state index contributed by atoms with van der Waals surface area (Å²) in [5.41, 5.74) is 1.35. The van der Waals surface area contributed by atoms with E-state index in [9.17, 15) is 14.0 Å². The number of nitrogens with one attached hydrogen (secondary N) is 1. The van der Waals surface area contributed by atoms with Gasteiger partial charge in [0.25, 0.3) is 5.56 Å². The third-order valence-corrected chi connectivity index (χ3v) is 5.52. The van der Waals surface area contributed by atoms with Gasteiger partial charge in [-0.1, -0.05) is 0 Å². The lowest BCUT2D eigenvalue weighted by molar-refractivity contribution is -0.140. The van der Waals surface area contributed by atoms with Gasteiger partial charge in [0.1, 0.15) is 5.83 Å². The highest BCUT2D eigenvalue weighted by Crippen LogP contribution is 2.45. The van der Waals surface area contributed by atoms with Gasteiger partial charge in [0.2, 0.25) is 0 Å². The molecule has 2 aliphatic heterocycles. The van der Waals surface area contributed by atoms with Crippen LogP contribution in [0.25, 0.3) is 11.5 Å². The van der Waals surface area contributed by atoms with Gasteiger partial charge in [-0.25, -0.2) is 4.39 Å². The van der Waals surface area contributed by atoms with E-state index >= 15 is 4.39 Å². The zero-order valence-electron chi connectivity index (χ0n) is 15.7. The molecule has 0 radical (unpaired) electrons. The average molecular weight is 389 g/mol. The van der Waals surface area contributed by atoms with E-state index in [1.807, 2.05) is 0 Å². The molecule has 0 fully saturated rings. The van der Waals surface area contributed by atoms with E-state index in [1.54, 1.807) is 11.9 Å². The maximum absolute atomic E-state index is 15.3. The van der Waals surface area contributed by atoms with Gasteiger partial charge in [-0.2, -0.15) is 4.39 Å². The Hall–Kier alpha value is -2.90. The fourth-order valence-electron chi connectivity index (χ4n) is 4.15. The van der Waals surface area contributed by atoms with Crippen LogP contribution in [0.15, 0.2) is 40.2 Å². The zero-order chi connectivity index (χ0) is 20.0. The Morgan fingerprint density at radius 1 is 1.39 bits per heavy atom. The SMILES string of the molecule is COC(=O)CCCN1C(F)=C2C=C(F)c3ccn(C)c(=O)c3C3=C2C1CCN3. The van der Waals surface area contributed by atoms with Crippen LogP contribution in [0.2, 0.25) is 0 Å². The summed E-state index contributed by atoms with van der Waals surface area (Å²) >= 11 is 0. The lowest BCUT2D eigenvalue weighted by Gasteiger charge is -2.32. The van der Waals surface area contributed by atoms with Gasteiger partial charge in [-0.15, -0.1) is 0 Å². The van der Waals surface area contributed by atoms with Crippen molar-refractivity contribution in [1.29, 1.82) is 0 Å². The van der Waals surface area contributed by atoms with E-state index in [-0.39, 0.29) is 40.7 Å². The highest BCUT2D eigenvalue weighted by Gasteiger charge is 2.42. The predicted molar refractivity (Wildman–Crippen MR) is 100 cm³/mol. The summed E-state index contributed by atoms with van der Waals surface area (Å²) in [6.07, 6.45) is 3.90. The smallest absolute Gasteiger partial charge is 0.305 e. The third-order valence-electron chi connectivity index (χ3n) is 5.52. The van der Waals surface area contributed by atoms with Gasteiger partial charge >= 0.3 is 5.97 Å². The Labute approximate surface area is 160 Å². The first kappa shape index (κ1) is 18.5. The van der Waals surface area contributed by atoms with Gasteiger partial charge in [0.05, 0.1) is 24.4 Å². The summed E-state index contributed by atoms with van der Waals surface area (Å²) in [6.45, 7) is 0.845. The molecule has 0 bridgehead atoms. The molecule has 8 heteroatoms. The summed E-state index contributed by atoms with van der Waals surface area (Å²) < 4.78 is 36.2. The molecule has 0 saturated heterocycles. The fraction of sp³-hybridized carbons (Fsp3) is 0.400. The third kappa shape index (κ3) is 2.75. The second kappa shape index (κ2) is 6.92. The summed E-state index contributed by atoms with van der Waals surface area (Å²) in [7, 11) is 2.92. The molecule has 1 aromatic heterocycles. The standard InChI is InChI=1S/C20H21F2N3O3/c1-24-9-6-11-13(21)10-12-16-14(5-7-23-18(16)17(11)20(24)27)25(19(12)22)8-3-4-15(26)28-2/h6,9-10,14,23H,3-5,7-8H2,1-2H3. The number of rotatable bonds is 4. The minimum Gasteiger partial charge on any atom is -0.469 e. The molecule has 1 atom stereocenters. The molecule has 1 N–H and O–H groups in total. The van der Waals surface area contributed by atoms with E-state index in [1.165, 1.54) is 30.0 Å². The normalized spacial score (nSPS) is 20.4. The van der Waals surface area contributed by atoms with E-state index in [0.717, 1.165) is 0 Å². The van der Waals surface area contributed by atoms with Crippen LogP contribution in [-0.2, 0) is 16.6 Å². The number of aryl methyl sites for hydroxylation is 1. The number of esters is 1. The van der Waals surface area contributed by atoms with Crippen LogP contribution >= 0.6 is 0 Å². The van der Waals surface area contributed by atoms with Gasteiger partial charge in [0.15, 0.2) is 5.95 Å². The van der Waals surface area contributed by atoms with Crippen molar-refractivity contribution >= 4 is 17.5 Å². The van der Waals surface area contributed by atoms with Crippen molar-refractivity contribution in [2.45, 2.75) is 25.3 Å². The van der Waals surface area contributed by atoms with Crippen LogP contribution in [0, 0.1) is 0 Å². The van der Waals surface area contributed by atoms with Crippen molar-refractivity contribution < 1.29 is 18.3 Å². The van der Waals surface area contributed by atoms with Crippen LogP contribution in [0.1, 0.15) is 30.4 Å². The van der Waals surface area contributed by atoms with Crippen LogP contribution in [0.3, 0.4) is 0 Å². The van der Waals surface area contributed by atoms with E-state index in [0.29, 0.717) is 37.2 Å². The number of ether oxygens (including phenoxy) is 1. The van der Waals surface area contributed by atoms with Gasteiger partial charge in [-0.3, -0.25) is 9.59 Å². The number of halogens is 2. The van der Waals surface area contributed by atoms with Crippen molar-refractivity contribution in [3.8, 4) is 0 Å². The predicted octanol–water partition coefficient (Wildman–Crippen LogP) is 2.23. The number of pyridine rings is 1. The van der Waals surface area contributed by atoms with Crippen molar-refractivity contribution in [3.05, 3.63) is 56.9 Å². The second-order valence-electron chi connectivity index (χ2n) is 7.11. The van der Waals surface area contributed by atoms with Crippen molar-refractivity contribution in [2.75, 3.05) is 20.2 Å². The minimum atomic E-state index is -0.635. The largest absolute Gasteiger partial charge is 0.469 e. The summed E-state index contributed by atoms with van der Waals surface area (Å²) in [5.74, 6) is -1.51. The molecule has 6 nitrogen and oxygen atoms in total. The molecule has 0 amide bonds. The Balaban J connectivity index is 1.81. The molecule has 3 aliphatic rings. The molecule has 148 valence electrons. The molecule has 0 spiro atoms.